The minimum atomic E-state index is 0.00521. The van der Waals surface area contributed by atoms with Gasteiger partial charge in [-0.15, -0.1) is 0 Å². The second-order valence-electron chi connectivity index (χ2n) is 5.50. The van der Waals surface area contributed by atoms with Gasteiger partial charge in [0.15, 0.2) is 0 Å². The first-order chi connectivity index (χ1) is 10.2. The van der Waals surface area contributed by atoms with E-state index in [-0.39, 0.29) is 18.4 Å². The first-order valence-corrected chi connectivity index (χ1v) is 7.21. The lowest BCUT2D eigenvalue weighted by Gasteiger charge is -2.15. The average Bonchev–Trinajstić information content (AvgIpc) is 3.14. The number of para-hydroxylation sites is 1. The molecule has 5 nitrogen and oxygen atoms in total. The van der Waals surface area contributed by atoms with Crippen molar-refractivity contribution in [3.8, 4) is 5.69 Å². The monoisotopic (exact) mass is 285 g/mol. The number of rotatable bonds is 3. The van der Waals surface area contributed by atoms with E-state index in [1.165, 1.54) is 0 Å². The molecule has 2 aromatic rings. The summed E-state index contributed by atoms with van der Waals surface area (Å²) in [6.45, 7) is 3.34. The molecule has 1 N–H and O–H groups in total. The van der Waals surface area contributed by atoms with Crippen molar-refractivity contribution in [3.63, 3.8) is 0 Å². The van der Waals surface area contributed by atoms with Gasteiger partial charge in [0.2, 0.25) is 0 Å². The van der Waals surface area contributed by atoms with E-state index in [1.807, 2.05) is 37.3 Å². The highest BCUT2D eigenvalue weighted by atomic mass is 16.3. The molecule has 0 radical (unpaired) electrons. The predicted octanol–water partition coefficient (Wildman–Crippen LogP) is 1.64. The number of nitrogens with zero attached hydrogens (tertiary/aromatic N) is 3. The molecule has 1 aliphatic heterocycles. The number of amides is 1. The molecule has 1 atom stereocenters. The molecule has 1 amide bonds. The van der Waals surface area contributed by atoms with Crippen LogP contribution < -0.4 is 0 Å². The minimum Gasteiger partial charge on any atom is -0.396 e. The lowest BCUT2D eigenvalue weighted by Crippen LogP contribution is -2.29. The number of aryl methyl sites for hydroxylation is 1. The first kappa shape index (κ1) is 13.8. The van der Waals surface area contributed by atoms with E-state index in [1.54, 1.807) is 15.8 Å². The smallest absolute Gasteiger partial charge is 0.257 e. The largest absolute Gasteiger partial charge is 0.396 e. The predicted molar refractivity (Wildman–Crippen MR) is 79.4 cm³/mol. The van der Waals surface area contributed by atoms with Gasteiger partial charge in [-0.1, -0.05) is 18.2 Å². The number of carbonyl (C=O) groups excluding carboxylic acids is 1. The maximum atomic E-state index is 12.6. The zero-order valence-electron chi connectivity index (χ0n) is 12.1. The molecule has 1 aromatic carbocycles. The second kappa shape index (κ2) is 5.69. The van der Waals surface area contributed by atoms with Gasteiger partial charge in [0.1, 0.15) is 0 Å². The molecule has 0 saturated carbocycles. The summed E-state index contributed by atoms with van der Waals surface area (Å²) in [5.41, 5.74) is 2.31. The van der Waals surface area contributed by atoms with Crippen molar-refractivity contribution in [2.24, 2.45) is 5.92 Å². The Bertz CT molecular complexity index is 636. The zero-order valence-corrected chi connectivity index (χ0v) is 12.1. The van der Waals surface area contributed by atoms with Gasteiger partial charge in [0.05, 0.1) is 16.9 Å². The van der Waals surface area contributed by atoms with Crippen molar-refractivity contribution in [1.29, 1.82) is 0 Å². The molecule has 0 bridgehead atoms. The van der Waals surface area contributed by atoms with Crippen molar-refractivity contribution in [1.82, 2.24) is 14.7 Å². The Labute approximate surface area is 123 Å². The van der Waals surface area contributed by atoms with E-state index in [2.05, 4.69) is 5.10 Å². The van der Waals surface area contributed by atoms with Gasteiger partial charge >= 0.3 is 0 Å². The second-order valence-corrected chi connectivity index (χ2v) is 5.50. The summed E-state index contributed by atoms with van der Waals surface area (Å²) in [6.07, 6.45) is 2.66. The molecule has 0 spiro atoms. The maximum absolute atomic E-state index is 12.6. The summed E-state index contributed by atoms with van der Waals surface area (Å²) < 4.78 is 1.74. The molecule has 110 valence electrons. The maximum Gasteiger partial charge on any atom is 0.257 e. The number of aromatic nitrogens is 2. The molecule has 1 fully saturated rings. The Kier molecular flexibility index (Phi) is 3.75. The van der Waals surface area contributed by atoms with Crippen molar-refractivity contribution in [3.05, 3.63) is 47.8 Å². The van der Waals surface area contributed by atoms with E-state index < -0.39 is 0 Å². The summed E-state index contributed by atoms with van der Waals surface area (Å²) in [5.74, 6) is 0.212. The Morgan fingerprint density at radius 2 is 2.14 bits per heavy atom. The van der Waals surface area contributed by atoms with Gasteiger partial charge in [-0.25, -0.2) is 4.68 Å². The fraction of sp³-hybridized carbons (Fsp3) is 0.375. The Morgan fingerprint density at radius 1 is 1.38 bits per heavy atom. The normalized spacial score (nSPS) is 18.2. The van der Waals surface area contributed by atoms with Crippen LogP contribution in [0, 0.1) is 12.8 Å². The van der Waals surface area contributed by atoms with Crippen LogP contribution in [0.4, 0.5) is 0 Å². The van der Waals surface area contributed by atoms with Gasteiger partial charge in [-0.05, 0) is 25.5 Å². The lowest BCUT2D eigenvalue weighted by atomic mass is 10.1. The molecule has 3 rings (SSSR count). The first-order valence-electron chi connectivity index (χ1n) is 7.21. The molecule has 1 aliphatic rings. The quantitative estimate of drug-likeness (QED) is 0.932. The Balaban J connectivity index is 1.83. The van der Waals surface area contributed by atoms with E-state index in [4.69, 9.17) is 0 Å². The van der Waals surface area contributed by atoms with Crippen LogP contribution in [-0.4, -0.2) is 45.4 Å². The number of aliphatic hydroxyl groups excluding tert-OH is 1. The minimum absolute atomic E-state index is 0.00521. The molecular weight excluding hydrogens is 266 g/mol. The molecule has 0 aliphatic carbocycles. The third-order valence-corrected chi connectivity index (χ3v) is 3.98. The molecule has 1 unspecified atom stereocenters. The van der Waals surface area contributed by atoms with Gasteiger partial charge in [-0.2, -0.15) is 5.10 Å². The Morgan fingerprint density at radius 3 is 2.81 bits per heavy atom. The van der Waals surface area contributed by atoms with E-state index in [0.717, 1.165) is 17.8 Å². The molecule has 1 aromatic heterocycles. The molecule has 2 heterocycles. The van der Waals surface area contributed by atoms with Crippen LogP contribution >= 0.6 is 0 Å². The van der Waals surface area contributed by atoms with Crippen LogP contribution in [0.2, 0.25) is 0 Å². The SMILES string of the molecule is Cc1nn(-c2ccccc2)cc1C(=O)N1CCC(CO)C1. The topological polar surface area (TPSA) is 58.4 Å². The van der Waals surface area contributed by atoms with Crippen molar-refractivity contribution in [2.45, 2.75) is 13.3 Å². The van der Waals surface area contributed by atoms with Crippen molar-refractivity contribution < 1.29 is 9.90 Å². The average molecular weight is 285 g/mol. The van der Waals surface area contributed by atoms with Crippen LogP contribution in [0.5, 0.6) is 0 Å². The third-order valence-electron chi connectivity index (χ3n) is 3.98. The summed E-state index contributed by atoms with van der Waals surface area (Å²) >= 11 is 0. The third kappa shape index (κ3) is 2.69. The van der Waals surface area contributed by atoms with Crippen LogP contribution in [0.1, 0.15) is 22.5 Å². The number of likely N-dealkylation sites (tertiary alicyclic amines) is 1. The summed E-state index contributed by atoms with van der Waals surface area (Å²) in [4.78, 5) is 14.4. The standard InChI is InChI=1S/C16H19N3O2/c1-12-15(16(21)18-8-7-13(9-18)11-20)10-19(17-12)14-5-3-2-4-6-14/h2-6,10,13,20H,7-9,11H2,1H3. The number of hydrogen-bond acceptors (Lipinski definition) is 3. The zero-order chi connectivity index (χ0) is 14.8. The molecular formula is C16H19N3O2. The fourth-order valence-corrected chi connectivity index (χ4v) is 2.72. The highest BCUT2D eigenvalue weighted by molar-refractivity contribution is 5.95. The lowest BCUT2D eigenvalue weighted by molar-refractivity contribution is 0.0781. The molecule has 1 saturated heterocycles. The summed E-state index contributed by atoms with van der Waals surface area (Å²) in [5, 5.41) is 13.6. The summed E-state index contributed by atoms with van der Waals surface area (Å²) in [7, 11) is 0. The number of benzene rings is 1. The highest BCUT2D eigenvalue weighted by Gasteiger charge is 2.28. The van der Waals surface area contributed by atoms with E-state index in [9.17, 15) is 9.90 Å². The van der Waals surface area contributed by atoms with Crippen molar-refractivity contribution in [2.75, 3.05) is 19.7 Å². The van der Waals surface area contributed by atoms with Gasteiger partial charge in [0.25, 0.3) is 5.91 Å². The number of hydrogen-bond donors (Lipinski definition) is 1. The van der Waals surface area contributed by atoms with Crippen LogP contribution in [0.15, 0.2) is 36.5 Å². The van der Waals surface area contributed by atoms with Crippen molar-refractivity contribution >= 4 is 5.91 Å². The molecule has 21 heavy (non-hydrogen) atoms. The van der Waals surface area contributed by atoms with Gasteiger partial charge < -0.3 is 10.0 Å². The van der Waals surface area contributed by atoms with E-state index >= 15 is 0 Å². The van der Waals surface area contributed by atoms with Crippen LogP contribution in [0.3, 0.4) is 0 Å². The van der Waals surface area contributed by atoms with Crippen LogP contribution in [0.25, 0.3) is 5.69 Å². The van der Waals surface area contributed by atoms with Crippen LogP contribution in [-0.2, 0) is 0 Å². The Hall–Kier alpha value is -2.14. The van der Waals surface area contributed by atoms with Gasteiger partial charge in [-0.3, -0.25) is 4.79 Å². The molecule has 5 heteroatoms. The highest BCUT2D eigenvalue weighted by Crippen LogP contribution is 2.20. The fourth-order valence-electron chi connectivity index (χ4n) is 2.72. The summed E-state index contributed by atoms with van der Waals surface area (Å²) in [6, 6.07) is 9.75. The van der Waals surface area contributed by atoms with E-state index in [0.29, 0.717) is 18.7 Å². The van der Waals surface area contributed by atoms with Gasteiger partial charge in [0, 0.05) is 31.8 Å². The number of carbonyl (C=O) groups is 1. The number of aliphatic hydroxyl groups is 1.